The van der Waals surface area contributed by atoms with Crippen molar-refractivity contribution < 1.29 is 4.79 Å². The van der Waals surface area contributed by atoms with Crippen molar-refractivity contribution in [3.05, 3.63) is 35.9 Å². The van der Waals surface area contributed by atoms with Crippen LogP contribution >= 0.6 is 0 Å². The minimum Gasteiger partial charge on any atom is -0.307 e. The molecule has 2 aliphatic heterocycles. The predicted molar refractivity (Wildman–Crippen MR) is 94.6 cm³/mol. The highest BCUT2D eigenvalue weighted by atomic mass is 16.1. The second-order valence-electron chi connectivity index (χ2n) is 7.14. The summed E-state index contributed by atoms with van der Waals surface area (Å²) in [5.74, 6) is 1.11. The number of likely N-dealkylation sites (N-methyl/N-ethyl adjacent to an activating group) is 1. The molecule has 3 nitrogen and oxygen atoms in total. The number of likely N-dealkylation sites (tertiary alicyclic amines) is 1. The zero-order valence-electron chi connectivity index (χ0n) is 14.3. The van der Waals surface area contributed by atoms with E-state index >= 15 is 0 Å². The van der Waals surface area contributed by atoms with Gasteiger partial charge in [-0.1, -0.05) is 43.7 Å². The number of nitrogens with zero attached hydrogens (tertiary/aromatic N) is 1. The quantitative estimate of drug-likeness (QED) is 0.906. The minimum atomic E-state index is 0.0826. The van der Waals surface area contributed by atoms with Crippen LogP contribution in [0, 0.1) is 5.92 Å². The first-order valence-electron chi connectivity index (χ1n) is 9.33. The zero-order valence-corrected chi connectivity index (χ0v) is 14.3. The van der Waals surface area contributed by atoms with Crippen LogP contribution in [0.25, 0.3) is 0 Å². The summed E-state index contributed by atoms with van der Waals surface area (Å²) in [5.41, 5.74) is 1.41. The number of Topliss-reactive ketones (excluding diaryl/α,β-unsaturated/α-hetero) is 1. The van der Waals surface area contributed by atoms with Crippen LogP contribution in [0.3, 0.4) is 0 Å². The first kappa shape index (κ1) is 16.7. The molecule has 2 aliphatic rings. The van der Waals surface area contributed by atoms with Crippen LogP contribution in [-0.2, 0) is 11.2 Å². The Kier molecular flexibility index (Phi) is 5.85. The fraction of sp³-hybridized carbons (Fsp3) is 0.650. The van der Waals surface area contributed by atoms with Crippen LogP contribution in [0.15, 0.2) is 30.3 Å². The number of nitrogens with one attached hydrogen (secondary N) is 1. The van der Waals surface area contributed by atoms with E-state index in [-0.39, 0.29) is 12.1 Å². The van der Waals surface area contributed by atoms with E-state index in [1.807, 2.05) is 0 Å². The summed E-state index contributed by atoms with van der Waals surface area (Å²) in [6.45, 7) is 5.25. The van der Waals surface area contributed by atoms with Gasteiger partial charge in [0.1, 0.15) is 0 Å². The summed E-state index contributed by atoms with van der Waals surface area (Å²) in [7, 11) is 0. The average Bonchev–Trinajstić information content (AvgIpc) is 2.62. The minimum absolute atomic E-state index is 0.0826. The molecule has 0 amide bonds. The molecule has 23 heavy (non-hydrogen) atoms. The smallest absolute Gasteiger partial charge is 0.166 e. The van der Waals surface area contributed by atoms with Gasteiger partial charge in [0.15, 0.2) is 5.78 Å². The van der Waals surface area contributed by atoms with E-state index in [2.05, 4.69) is 47.5 Å². The number of ketones is 1. The molecule has 1 N–H and O–H groups in total. The van der Waals surface area contributed by atoms with Gasteiger partial charge in [-0.15, -0.1) is 0 Å². The number of hydrogen-bond acceptors (Lipinski definition) is 3. The van der Waals surface area contributed by atoms with Crippen LogP contribution < -0.4 is 5.32 Å². The molecule has 1 aromatic rings. The van der Waals surface area contributed by atoms with E-state index in [9.17, 15) is 4.79 Å². The molecule has 2 heterocycles. The molecule has 2 saturated heterocycles. The van der Waals surface area contributed by atoms with Gasteiger partial charge in [0.25, 0.3) is 0 Å². The first-order chi connectivity index (χ1) is 11.3. The maximum absolute atomic E-state index is 12.9. The highest BCUT2D eigenvalue weighted by Gasteiger charge is 2.34. The Labute approximate surface area is 140 Å². The van der Waals surface area contributed by atoms with Crippen LogP contribution in [0.5, 0.6) is 0 Å². The molecule has 0 spiro atoms. The SMILES string of the molecule is CCN1CCCC[C@H]1C(=O)C1CCC(Cc2ccccc2)CN1. The van der Waals surface area contributed by atoms with Crippen LogP contribution in [0.4, 0.5) is 0 Å². The van der Waals surface area contributed by atoms with E-state index in [1.165, 1.54) is 18.4 Å². The fourth-order valence-electron chi connectivity index (χ4n) is 4.20. The Morgan fingerprint density at radius 2 is 2.00 bits per heavy atom. The third-order valence-corrected chi connectivity index (χ3v) is 5.58. The van der Waals surface area contributed by atoms with Gasteiger partial charge >= 0.3 is 0 Å². The van der Waals surface area contributed by atoms with Gasteiger partial charge in [-0.25, -0.2) is 0 Å². The third kappa shape index (κ3) is 4.21. The molecule has 126 valence electrons. The summed E-state index contributed by atoms with van der Waals surface area (Å²) in [6, 6.07) is 11.0. The molecule has 3 rings (SSSR count). The Morgan fingerprint density at radius 3 is 2.70 bits per heavy atom. The van der Waals surface area contributed by atoms with Gasteiger partial charge in [0.05, 0.1) is 12.1 Å². The topological polar surface area (TPSA) is 32.3 Å². The van der Waals surface area contributed by atoms with Crippen molar-refractivity contribution in [3.8, 4) is 0 Å². The van der Waals surface area contributed by atoms with Crippen molar-refractivity contribution in [1.82, 2.24) is 10.2 Å². The Morgan fingerprint density at radius 1 is 1.17 bits per heavy atom. The second kappa shape index (κ2) is 8.07. The normalized spacial score (nSPS) is 29.3. The maximum Gasteiger partial charge on any atom is 0.166 e. The summed E-state index contributed by atoms with van der Waals surface area (Å²) in [4.78, 5) is 15.3. The van der Waals surface area contributed by atoms with E-state index < -0.39 is 0 Å². The molecule has 2 fully saturated rings. The van der Waals surface area contributed by atoms with Crippen molar-refractivity contribution in [2.45, 2.75) is 57.5 Å². The van der Waals surface area contributed by atoms with Crippen molar-refractivity contribution >= 4 is 5.78 Å². The summed E-state index contributed by atoms with van der Waals surface area (Å²) >= 11 is 0. The fourth-order valence-corrected chi connectivity index (χ4v) is 4.20. The van der Waals surface area contributed by atoms with Crippen molar-refractivity contribution in [2.24, 2.45) is 5.92 Å². The first-order valence-corrected chi connectivity index (χ1v) is 9.33. The predicted octanol–water partition coefficient (Wildman–Crippen LogP) is 3.04. The average molecular weight is 314 g/mol. The van der Waals surface area contributed by atoms with Crippen molar-refractivity contribution in [1.29, 1.82) is 0 Å². The number of rotatable bonds is 5. The van der Waals surface area contributed by atoms with Crippen molar-refractivity contribution in [2.75, 3.05) is 19.6 Å². The molecule has 1 aromatic carbocycles. The van der Waals surface area contributed by atoms with Crippen molar-refractivity contribution in [3.63, 3.8) is 0 Å². The number of hydrogen-bond donors (Lipinski definition) is 1. The number of carbonyl (C=O) groups is 1. The molecule has 0 saturated carbocycles. The van der Waals surface area contributed by atoms with Gasteiger partial charge in [0.2, 0.25) is 0 Å². The van der Waals surface area contributed by atoms with E-state index in [0.717, 1.165) is 45.3 Å². The lowest BCUT2D eigenvalue weighted by Gasteiger charge is -2.37. The molecule has 0 radical (unpaired) electrons. The number of benzene rings is 1. The van der Waals surface area contributed by atoms with E-state index in [0.29, 0.717) is 11.7 Å². The van der Waals surface area contributed by atoms with Gasteiger partial charge in [-0.2, -0.15) is 0 Å². The van der Waals surface area contributed by atoms with Crippen LogP contribution in [0.2, 0.25) is 0 Å². The van der Waals surface area contributed by atoms with E-state index in [4.69, 9.17) is 0 Å². The number of carbonyl (C=O) groups excluding carboxylic acids is 1. The van der Waals surface area contributed by atoms with Gasteiger partial charge in [-0.3, -0.25) is 9.69 Å². The largest absolute Gasteiger partial charge is 0.307 e. The molecular formula is C20H30N2O. The Bertz CT molecular complexity index is 494. The molecule has 3 heteroatoms. The monoisotopic (exact) mass is 314 g/mol. The number of piperidine rings is 2. The highest BCUT2D eigenvalue weighted by Crippen LogP contribution is 2.24. The standard InChI is InChI=1S/C20H30N2O/c1-2-22-13-7-6-10-19(22)20(23)18-12-11-17(15-21-18)14-16-8-4-3-5-9-16/h3-5,8-9,17-19,21H,2,6-7,10-15H2,1H3/t17?,18?,19-/m0/s1. The summed E-state index contributed by atoms with van der Waals surface area (Å²) in [6.07, 6.45) is 6.80. The molecule has 0 aromatic heterocycles. The lowest BCUT2D eigenvalue weighted by Crippen LogP contribution is -2.54. The van der Waals surface area contributed by atoms with Gasteiger partial charge in [-0.05, 0) is 63.2 Å². The van der Waals surface area contributed by atoms with E-state index in [1.54, 1.807) is 0 Å². The zero-order chi connectivity index (χ0) is 16.1. The summed E-state index contributed by atoms with van der Waals surface area (Å²) in [5, 5.41) is 3.55. The maximum atomic E-state index is 12.9. The Hall–Kier alpha value is -1.19. The van der Waals surface area contributed by atoms with Crippen LogP contribution in [-0.4, -0.2) is 42.4 Å². The summed E-state index contributed by atoms with van der Waals surface area (Å²) < 4.78 is 0. The molecule has 0 bridgehead atoms. The lowest BCUT2D eigenvalue weighted by molar-refractivity contribution is -0.128. The van der Waals surface area contributed by atoms with Crippen LogP contribution in [0.1, 0.15) is 44.6 Å². The molecule has 2 unspecified atom stereocenters. The van der Waals surface area contributed by atoms with Gasteiger partial charge < -0.3 is 5.32 Å². The Balaban J connectivity index is 1.51. The highest BCUT2D eigenvalue weighted by molar-refractivity contribution is 5.89. The third-order valence-electron chi connectivity index (χ3n) is 5.58. The van der Waals surface area contributed by atoms with Gasteiger partial charge in [0, 0.05) is 0 Å². The second-order valence-corrected chi connectivity index (χ2v) is 7.14. The molecule has 3 atom stereocenters. The molecular weight excluding hydrogens is 284 g/mol. The molecule has 0 aliphatic carbocycles. The lowest BCUT2D eigenvalue weighted by atomic mass is 9.85.